The highest BCUT2D eigenvalue weighted by molar-refractivity contribution is 5.64. The molecule has 0 aliphatic heterocycles. The Morgan fingerprint density at radius 3 is 2.53 bits per heavy atom. The summed E-state index contributed by atoms with van der Waals surface area (Å²) in [5.74, 6) is 0. The van der Waals surface area contributed by atoms with Gasteiger partial charge >= 0.3 is 0 Å². The molecule has 0 heteroatoms. The fraction of sp³-hybridized carbons (Fsp3) is 0.176. The van der Waals surface area contributed by atoms with E-state index >= 15 is 0 Å². The summed E-state index contributed by atoms with van der Waals surface area (Å²) in [7, 11) is 0. The van der Waals surface area contributed by atoms with E-state index < -0.39 is 0 Å². The molecule has 0 bridgehead atoms. The molecule has 3 rings (SSSR count). The number of aryl methyl sites for hydroxylation is 1. The van der Waals surface area contributed by atoms with E-state index in [1.165, 1.54) is 27.8 Å². The topological polar surface area (TPSA) is 0 Å². The summed E-state index contributed by atoms with van der Waals surface area (Å²) in [6.07, 6.45) is 4.55. The van der Waals surface area contributed by atoms with E-state index in [4.69, 9.17) is 0 Å². The van der Waals surface area contributed by atoms with Crippen molar-refractivity contribution in [3.05, 3.63) is 76.4 Å². The van der Waals surface area contributed by atoms with Gasteiger partial charge in [-0.15, -0.1) is 0 Å². The summed E-state index contributed by atoms with van der Waals surface area (Å²) in [6.45, 7) is 2.19. The maximum Gasteiger partial charge on any atom is -0.00545 e. The van der Waals surface area contributed by atoms with Gasteiger partial charge in [0.1, 0.15) is 0 Å². The van der Waals surface area contributed by atoms with E-state index in [0.717, 1.165) is 12.8 Å². The van der Waals surface area contributed by atoms with Gasteiger partial charge in [0.05, 0.1) is 0 Å². The smallest absolute Gasteiger partial charge is 0.00545 e. The number of rotatable bonds is 2. The number of fused-ring (bicyclic) bond motifs is 1. The molecule has 0 radical (unpaired) electrons. The van der Waals surface area contributed by atoms with Gasteiger partial charge in [0.15, 0.2) is 0 Å². The summed E-state index contributed by atoms with van der Waals surface area (Å²) in [6, 6.07) is 17.4. The normalized spacial score (nSPS) is 13.4. The molecule has 0 saturated carbocycles. The van der Waals surface area contributed by atoms with Crippen LogP contribution in [0.3, 0.4) is 0 Å². The van der Waals surface area contributed by atoms with Gasteiger partial charge in [0, 0.05) is 0 Å². The highest BCUT2D eigenvalue weighted by Gasteiger charge is 2.12. The van der Waals surface area contributed by atoms with Crippen molar-refractivity contribution in [3.63, 3.8) is 0 Å². The van der Waals surface area contributed by atoms with Gasteiger partial charge in [0.25, 0.3) is 0 Å². The standard InChI is InChI=1S/C17H16/c1-13-6-2-3-7-15(13)10-14-11-16-8-4-5-9-17(16)12-14/h2-9,11H,10,12H2,1H3. The van der Waals surface area contributed by atoms with Crippen LogP contribution in [0.15, 0.2) is 54.1 Å². The minimum atomic E-state index is 1.08. The average molecular weight is 220 g/mol. The third-order valence-electron chi connectivity index (χ3n) is 3.51. The van der Waals surface area contributed by atoms with Crippen LogP contribution in [0.25, 0.3) is 6.08 Å². The summed E-state index contributed by atoms with van der Waals surface area (Å²) < 4.78 is 0. The molecule has 2 aromatic rings. The predicted molar refractivity (Wildman–Crippen MR) is 73.0 cm³/mol. The lowest BCUT2D eigenvalue weighted by Crippen LogP contribution is -1.93. The Hall–Kier alpha value is -1.82. The SMILES string of the molecule is Cc1ccccc1CC1=Cc2ccccc2C1. The van der Waals surface area contributed by atoms with Gasteiger partial charge in [-0.05, 0) is 42.0 Å². The molecule has 0 nitrogen and oxygen atoms in total. The first-order valence-corrected chi connectivity index (χ1v) is 6.15. The molecule has 0 atom stereocenters. The van der Waals surface area contributed by atoms with E-state index in [9.17, 15) is 0 Å². The van der Waals surface area contributed by atoms with Crippen LogP contribution in [0.2, 0.25) is 0 Å². The second kappa shape index (κ2) is 4.21. The highest BCUT2D eigenvalue weighted by Crippen LogP contribution is 2.27. The number of hydrogen-bond acceptors (Lipinski definition) is 0. The minimum absolute atomic E-state index is 1.08. The van der Waals surface area contributed by atoms with Crippen LogP contribution in [-0.2, 0) is 12.8 Å². The maximum absolute atomic E-state index is 2.35. The van der Waals surface area contributed by atoms with Crippen molar-refractivity contribution >= 4 is 6.08 Å². The second-order valence-electron chi connectivity index (χ2n) is 4.78. The van der Waals surface area contributed by atoms with Crippen LogP contribution in [0.1, 0.15) is 22.3 Å². The first kappa shape index (κ1) is 10.3. The van der Waals surface area contributed by atoms with Gasteiger partial charge in [-0.25, -0.2) is 0 Å². The van der Waals surface area contributed by atoms with Crippen LogP contribution >= 0.6 is 0 Å². The van der Waals surface area contributed by atoms with Crippen molar-refractivity contribution in [1.82, 2.24) is 0 Å². The molecule has 17 heavy (non-hydrogen) atoms. The number of allylic oxidation sites excluding steroid dienone is 1. The van der Waals surface area contributed by atoms with Crippen LogP contribution in [0, 0.1) is 6.92 Å². The van der Waals surface area contributed by atoms with E-state index in [0.29, 0.717) is 0 Å². The molecular weight excluding hydrogens is 204 g/mol. The third kappa shape index (κ3) is 2.03. The van der Waals surface area contributed by atoms with E-state index in [1.54, 1.807) is 0 Å². The number of benzene rings is 2. The monoisotopic (exact) mass is 220 g/mol. The van der Waals surface area contributed by atoms with Crippen LogP contribution in [-0.4, -0.2) is 0 Å². The first-order chi connectivity index (χ1) is 8.33. The summed E-state index contributed by atoms with van der Waals surface area (Å²) >= 11 is 0. The molecule has 0 unspecified atom stereocenters. The fourth-order valence-electron chi connectivity index (χ4n) is 2.52. The Kier molecular flexibility index (Phi) is 2.56. The summed E-state index contributed by atoms with van der Waals surface area (Å²) in [4.78, 5) is 0. The Morgan fingerprint density at radius 1 is 0.941 bits per heavy atom. The van der Waals surface area contributed by atoms with E-state index in [1.807, 2.05) is 0 Å². The zero-order chi connectivity index (χ0) is 11.7. The minimum Gasteiger partial charge on any atom is -0.0620 e. The molecule has 0 fully saturated rings. The molecule has 84 valence electrons. The lowest BCUT2D eigenvalue weighted by atomic mass is 9.99. The largest absolute Gasteiger partial charge is 0.0620 e. The second-order valence-corrected chi connectivity index (χ2v) is 4.78. The summed E-state index contributed by atoms with van der Waals surface area (Å²) in [5.41, 5.74) is 7.24. The molecule has 0 saturated heterocycles. The molecule has 0 amide bonds. The molecule has 2 aromatic carbocycles. The summed E-state index contributed by atoms with van der Waals surface area (Å²) in [5, 5.41) is 0. The number of hydrogen-bond donors (Lipinski definition) is 0. The van der Waals surface area contributed by atoms with Crippen molar-refractivity contribution in [3.8, 4) is 0 Å². The molecule has 0 N–H and O–H groups in total. The Balaban J connectivity index is 1.84. The van der Waals surface area contributed by atoms with Crippen molar-refractivity contribution in [2.75, 3.05) is 0 Å². The van der Waals surface area contributed by atoms with Crippen LogP contribution in [0.4, 0.5) is 0 Å². The third-order valence-corrected chi connectivity index (χ3v) is 3.51. The van der Waals surface area contributed by atoms with Gasteiger partial charge in [0.2, 0.25) is 0 Å². The van der Waals surface area contributed by atoms with Crippen LogP contribution < -0.4 is 0 Å². The van der Waals surface area contributed by atoms with Crippen molar-refractivity contribution in [2.24, 2.45) is 0 Å². The van der Waals surface area contributed by atoms with Gasteiger partial charge < -0.3 is 0 Å². The molecule has 1 aliphatic carbocycles. The van der Waals surface area contributed by atoms with Crippen molar-refractivity contribution < 1.29 is 0 Å². The van der Waals surface area contributed by atoms with Gasteiger partial charge in [-0.3, -0.25) is 0 Å². The Bertz CT molecular complexity index is 576. The van der Waals surface area contributed by atoms with Gasteiger partial charge in [-0.1, -0.05) is 60.2 Å². The maximum atomic E-state index is 2.35. The Labute approximate surface area is 103 Å². The van der Waals surface area contributed by atoms with Crippen molar-refractivity contribution in [1.29, 1.82) is 0 Å². The lowest BCUT2D eigenvalue weighted by molar-refractivity contribution is 1.06. The average Bonchev–Trinajstić information content (AvgIpc) is 2.74. The zero-order valence-electron chi connectivity index (χ0n) is 10.1. The molecular formula is C17H16. The first-order valence-electron chi connectivity index (χ1n) is 6.15. The molecule has 0 spiro atoms. The van der Waals surface area contributed by atoms with E-state index in [2.05, 4.69) is 61.5 Å². The quantitative estimate of drug-likeness (QED) is 0.712. The van der Waals surface area contributed by atoms with E-state index in [-0.39, 0.29) is 0 Å². The predicted octanol–water partition coefficient (Wildman–Crippen LogP) is 4.18. The van der Waals surface area contributed by atoms with Gasteiger partial charge in [-0.2, -0.15) is 0 Å². The molecule has 0 aromatic heterocycles. The fourth-order valence-corrected chi connectivity index (χ4v) is 2.52. The van der Waals surface area contributed by atoms with Crippen molar-refractivity contribution in [2.45, 2.75) is 19.8 Å². The Morgan fingerprint density at radius 2 is 1.71 bits per heavy atom. The highest BCUT2D eigenvalue weighted by atomic mass is 14.2. The molecule has 0 heterocycles. The lowest BCUT2D eigenvalue weighted by Gasteiger charge is -2.06. The van der Waals surface area contributed by atoms with Crippen LogP contribution in [0.5, 0.6) is 0 Å². The molecule has 1 aliphatic rings. The zero-order valence-corrected chi connectivity index (χ0v) is 10.1.